The summed E-state index contributed by atoms with van der Waals surface area (Å²) in [6.07, 6.45) is 3.73. The van der Waals surface area contributed by atoms with Crippen molar-refractivity contribution in [2.45, 2.75) is 27.2 Å². The van der Waals surface area contributed by atoms with E-state index in [1.54, 1.807) is 20.2 Å². The fraction of sp³-hybridized carbons (Fsp3) is 0.538. The molecule has 1 aliphatic rings. The number of aliphatic carboxylic acids is 1. The van der Waals surface area contributed by atoms with Gasteiger partial charge in [-0.2, -0.15) is 0 Å². The van der Waals surface area contributed by atoms with Crippen molar-refractivity contribution in [2.24, 2.45) is 16.3 Å². The summed E-state index contributed by atoms with van der Waals surface area (Å²) in [7, 11) is 1.68. The topological polar surface area (TPSA) is 49.7 Å². The van der Waals surface area contributed by atoms with Crippen LogP contribution in [0.5, 0.6) is 0 Å². The average Bonchev–Trinajstić information content (AvgIpc) is 2.15. The van der Waals surface area contributed by atoms with Gasteiger partial charge in [-0.1, -0.05) is 19.9 Å². The Bertz CT molecular complexity index is 419. The van der Waals surface area contributed by atoms with E-state index < -0.39 is 11.8 Å². The van der Waals surface area contributed by atoms with Crippen molar-refractivity contribution >= 4 is 12.2 Å². The van der Waals surface area contributed by atoms with Crippen LogP contribution < -0.4 is 0 Å². The van der Waals surface area contributed by atoms with Crippen molar-refractivity contribution in [2.75, 3.05) is 7.05 Å². The van der Waals surface area contributed by atoms with Gasteiger partial charge in [0.25, 0.3) is 0 Å². The molecule has 0 saturated carbocycles. The Morgan fingerprint density at radius 3 is 2.65 bits per heavy atom. The highest BCUT2D eigenvalue weighted by Gasteiger charge is 2.33. The predicted molar refractivity (Wildman–Crippen MR) is 65.8 cm³/mol. The number of carboxylic acids is 1. The zero-order valence-corrected chi connectivity index (χ0v) is 10.6. The van der Waals surface area contributed by atoms with Gasteiger partial charge in [-0.3, -0.25) is 0 Å². The lowest BCUT2D eigenvalue weighted by molar-refractivity contribution is -0.132. The Labute approximate surface area is 101 Å². The number of nitrogens with zero attached hydrogens (tertiary/aromatic N) is 1. The van der Waals surface area contributed by atoms with Crippen LogP contribution in [0.3, 0.4) is 0 Å². The van der Waals surface area contributed by atoms with Crippen molar-refractivity contribution < 1.29 is 14.3 Å². The maximum Gasteiger partial charge on any atom is 0.338 e. The van der Waals surface area contributed by atoms with E-state index in [-0.39, 0.29) is 23.3 Å². The molecule has 1 N–H and O–H groups in total. The summed E-state index contributed by atoms with van der Waals surface area (Å²) in [6, 6.07) is 0. The third-order valence-electron chi connectivity index (χ3n) is 3.15. The summed E-state index contributed by atoms with van der Waals surface area (Å²) in [5.41, 5.74) is 0.0199. The van der Waals surface area contributed by atoms with Gasteiger partial charge in [0.2, 0.25) is 0 Å². The maximum absolute atomic E-state index is 13.8. The van der Waals surface area contributed by atoms with E-state index in [0.717, 1.165) is 0 Å². The molecule has 0 heterocycles. The molecule has 1 aliphatic carbocycles. The number of aliphatic imine (C=N–C) groups is 1. The van der Waals surface area contributed by atoms with Crippen molar-refractivity contribution in [3.63, 3.8) is 0 Å². The molecule has 3 nitrogen and oxygen atoms in total. The van der Waals surface area contributed by atoms with Gasteiger partial charge in [0, 0.05) is 25.1 Å². The van der Waals surface area contributed by atoms with Gasteiger partial charge in [0.15, 0.2) is 0 Å². The molecule has 0 amide bonds. The summed E-state index contributed by atoms with van der Waals surface area (Å²) in [5.74, 6) is -1.80. The minimum atomic E-state index is -1.20. The molecular formula is C13H18FNO2. The Hall–Kier alpha value is -1.45. The molecule has 0 radical (unpaired) electrons. The van der Waals surface area contributed by atoms with E-state index in [0.29, 0.717) is 5.57 Å². The normalized spacial score (nSPS) is 21.9. The Kier molecular flexibility index (Phi) is 3.86. The van der Waals surface area contributed by atoms with Gasteiger partial charge in [-0.25, -0.2) is 9.18 Å². The van der Waals surface area contributed by atoms with Gasteiger partial charge in [-0.15, -0.1) is 0 Å². The highest BCUT2D eigenvalue weighted by atomic mass is 19.1. The number of carboxylic acid groups (broad SMARTS) is 1. The van der Waals surface area contributed by atoms with Gasteiger partial charge in [-0.05, 0) is 18.4 Å². The van der Waals surface area contributed by atoms with E-state index >= 15 is 0 Å². The van der Waals surface area contributed by atoms with Crippen LogP contribution in [0.15, 0.2) is 28.0 Å². The zero-order chi connectivity index (χ0) is 13.2. The first-order chi connectivity index (χ1) is 7.79. The second-order valence-corrected chi connectivity index (χ2v) is 4.95. The molecule has 0 aromatic heterocycles. The van der Waals surface area contributed by atoms with Gasteiger partial charge < -0.3 is 10.1 Å². The highest BCUT2D eigenvalue weighted by molar-refractivity contribution is 5.92. The van der Waals surface area contributed by atoms with Crippen molar-refractivity contribution in [3.8, 4) is 0 Å². The lowest BCUT2D eigenvalue weighted by Crippen LogP contribution is -2.27. The van der Waals surface area contributed by atoms with E-state index in [2.05, 4.69) is 4.99 Å². The molecule has 17 heavy (non-hydrogen) atoms. The van der Waals surface area contributed by atoms with Crippen molar-refractivity contribution in [1.29, 1.82) is 0 Å². The van der Waals surface area contributed by atoms with Crippen LogP contribution in [-0.2, 0) is 4.79 Å². The molecule has 1 unspecified atom stereocenters. The first-order valence-corrected chi connectivity index (χ1v) is 5.53. The number of hydrogen-bond donors (Lipinski definition) is 1. The largest absolute Gasteiger partial charge is 0.478 e. The monoisotopic (exact) mass is 239 g/mol. The minimum absolute atomic E-state index is 0.0608. The molecule has 0 spiro atoms. The number of carbonyl (C=O) groups is 1. The molecule has 1 atom stereocenters. The van der Waals surface area contributed by atoms with Crippen molar-refractivity contribution in [3.05, 3.63) is 23.0 Å². The summed E-state index contributed by atoms with van der Waals surface area (Å²) in [4.78, 5) is 14.9. The molecule has 0 aliphatic heterocycles. The second-order valence-electron chi connectivity index (χ2n) is 4.95. The lowest BCUT2D eigenvalue weighted by Gasteiger charge is -2.31. The standard InChI is InChI=1S/C13H18FNO2/c1-8-5-9(13(2,3)7-15-4)6-10(14)11(8)12(16)17/h5,7,9H,6H2,1-4H3,(H,16,17)/b15-7-. The fourth-order valence-electron chi connectivity index (χ4n) is 2.14. The average molecular weight is 239 g/mol. The van der Waals surface area contributed by atoms with Gasteiger partial charge in [0.05, 0.1) is 5.57 Å². The second kappa shape index (κ2) is 4.82. The van der Waals surface area contributed by atoms with Gasteiger partial charge >= 0.3 is 5.97 Å². The van der Waals surface area contributed by atoms with Crippen LogP contribution in [0.25, 0.3) is 0 Å². The molecule has 4 heteroatoms. The van der Waals surface area contributed by atoms with Crippen LogP contribution in [-0.4, -0.2) is 24.3 Å². The van der Waals surface area contributed by atoms with E-state index in [1.807, 2.05) is 19.9 Å². The highest BCUT2D eigenvalue weighted by Crippen LogP contribution is 2.38. The molecule has 0 fully saturated rings. The maximum atomic E-state index is 13.8. The summed E-state index contributed by atoms with van der Waals surface area (Å²) in [5, 5.41) is 8.91. The number of allylic oxidation sites excluding steroid dienone is 2. The molecular weight excluding hydrogens is 221 g/mol. The van der Waals surface area contributed by atoms with Crippen LogP contribution in [0.4, 0.5) is 4.39 Å². The van der Waals surface area contributed by atoms with Gasteiger partial charge in [0.1, 0.15) is 5.83 Å². The summed E-state index contributed by atoms with van der Waals surface area (Å²) >= 11 is 0. The van der Waals surface area contributed by atoms with E-state index in [4.69, 9.17) is 5.11 Å². The first-order valence-electron chi connectivity index (χ1n) is 5.53. The van der Waals surface area contributed by atoms with Crippen LogP contribution in [0.2, 0.25) is 0 Å². The van der Waals surface area contributed by atoms with Crippen LogP contribution >= 0.6 is 0 Å². The number of hydrogen-bond acceptors (Lipinski definition) is 2. The third kappa shape index (κ3) is 2.81. The first kappa shape index (κ1) is 13.6. The SMILES string of the molecule is C/N=C\C(C)(C)C1C=C(C)C(C(=O)O)=C(F)C1. The Balaban J connectivity index is 3.07. The number of rotatable bonds is 3. The minimum Gasteiger partial charge on any atom is -0.478 e. The van der Waals surface area contributed by atoms with Crippen molar-refractivity contribution in [1.82, 2.24) is 0 Å². The molecule has 0 bridgehead atoms. The molecule has 0 aromatic rings. The Morgan fingerprint density at radius 1 is 1.65 bits per heavy atom. The zero-order valence-electron chi connectivity index (χ0n) is 10.6. The van der Waals surface area contributed by atoms with Crippen LogP contribution in [0, 0.1) is 11.3 Å². The fourth-order valence-corrected chi connectivity index (χ4v) is 2.14. The predicted octanol–water partition coefficient (Wildman–Crippen LogP) is 2.99. The number of halogens is 1. The molecule has 1 rings (SSSR count). The smallest absolute Gasteiger partial charge is 0.338 e. The lowest BCUT2D eigenvalue weighted by atomic mass is 9.74. The summed E-state index contributed by atoms with van der Waals surface area (Å²) < 4.78 is 13.8. The molecule has 94 valence electrons. The molecule has 0 aromatic carbocycles. The summed E-state index contributed by atoms with van der Waals surface area (Å²) in [6.45, 7) is 5.56. The van der Waals surface area contributed by atoms with Crippen LogP contribution in [0.1, 0.15) is 27.2 Å². The Morgan fingerprint density at radius 2 is 2.24 bits per heavy atom. The van der Waals surface area contributed by atoms with E-state index in [1.165, 1.54) is 0 Å². The third-order valence-corrected chi connectivity index (χ3v) is 3.15. The quantitative estimate of drug-likeness (QED) is 0.770. The molecule has 0 saturated heterocycles. The van der Waals surface area contributed by atoms with E-state index in [9.17, 15) is 9.18 Å².